The molecule has 1 atom stereocenters. The minimum absolute atomic E-state index is 0.0702. The number of nitrogens with zero attached hydrogens (tertiary/aromatic N) is 1. The first-order chi connectivity index (χ1) is 12.6. The summed E-state index contributed by atoms with van der Waals surface area (Å²) in [5.74, 6) is -1.66. The Kier molecular flexibility index (Phi) is 7.19. The van der Waals surface area contributed by atoms with Crippen molar-refractivity contribution in [3.05, 3.63) is 29.0 Å². The first-order valence-electron chi connectivity index (χ1n) is 8.47. The van der Waals surface area contributed by atoms with Crippen molar-refractivity contribution in [2.24, 2.45) is 5.92 Å². The standard InChI is InChI=1S/C17H22ClFN2O5S/c1-11(9-16(22)26-2)20-17(23)12-5-7-21(8-6-12)27(24,25)13-3-4-15(19)14(18)10-13/h3-4,10-12H,5-9H2,1-2H3,(H,20,23). The van der Waals surface area contributed by atoms with Crippen LogP contribution in [0.25, 0.3) is 0 Å². The van der Waals surface area contributed by atoms with E-state index in [0.29, 0.717) is 12.8 Å². The van der Waals surface area contributed by atoms with Crippen LogP contribution in [0, 0.1) is 11.7 Å². The van der Waals surface area contributed by atoms with Gasteiger partial charge in [-0.15, -0.1) is 0 Å². The number of carbonyl (C=O) groups is 2. The molecule has 1 fully saturated rings. The van der Waals surface area contributed by atoms with Gasteiger partial charge >= 0.3 is 5.97 Å². The minimum Gasteiger partial charge on any atom is -0.469 e. The zero-order chi connectivity index (χ0) is 20.2. The van der Waals surface area contributed by atoms with Crippen molar-refractivity contribution in [2.45, 2.75) is 37.1 Å². The van der Waals surface area contributed by atoms with Crippen LogP contribution in [-0.2, 0) is 24.3 Å². The van der Waals surface area contributed by atoms with Gasteiger partial charge in [-0.3, -0.25) is 9.59 Å². The Morgan fingerprint density at radius 1 is 1.37 bits per heavy atom. The average molecular weight is 421 g/mol. The molecule has 1 saturated heterocycles. The molecule has 0 aromatic heterocycles. The second-order valence-electron chi connectivity index (χ2n) is 6.44. The molecule has 1 aromatic rings. The molecule has 2 rings (SSSR count). The van der Waals surface area contributed by atoms with E-state index >= 15 is 0 Å². The summed E-state index contributed by atoms with van der Waals surface area (Å²) in [6.07, 6.45) is 0.774. The van der Waals surface area contributed by atoms with Crippen molar-refractivity contribution >= 4 is 33.5 Å². The van der Waals surface area contributed by atoms with Crippen LogP contribution in [-0.4, -0.2) is 50.8 Å². The number of benzene rings is 1. The van der Waals surface area contributed by atoms with E-state index in [1.165, 1.54) is 17.5 Å². The summed E-state index contributed by atoms with van der Waals surface area (Å²) in [7, 11) is -2.52. The van der Waals surface area contributed by atoms with Crippen LogP contribution in [0.4, 0.5) is 4.39 Å². The quantitative estimate of drug-likeness (QED) is 0.710. The SMILES string of the molecule is COC(=O)CC(C)NC(=O)C1CCN(S(=O)(=O)c2ccc(F)c(Cl)c2)CC1. The molecule has 7 nitrogen and oxygen atoms in total. The van der Waals surface area contributed by atoms with Crippen molar-refractivity contribution in [3.8, 4) is 0 Å². The van der Waals surface area contributed by atoms with Crippen molar-refractivity contribution in [1.29, 1.82) is 0 Å². The molecule has 0 spiro atoms. The van der Waals surface area contributed by atoms with E-state index in [-0.39, 0.29) is 47.3 Å². The van der Waals surface area contributed by atoms with Gasteiger partial charge in [0, 0.05) is 25.0 Å². The highest BCUT2D eigenvalue weighted by Crippen LogP contribution is 2.26. The number of nitrogens with one attached hydrogen (secondary N) is 1. The Morgan fingerprint density at radius 3 is 2.56 bits per heavy atom. The summed E-state index contributed by atoms with van der Waals surface area (Å²) in [6, 6.07) is 2.90. The highest BCUT2D eigenvalue weighted by atomic mass is 35.5. The third-order valence-corrected chi connectivity index (χ3v) is 6.63. The zero-order valence-electron chi connectivity index (χ0n) is 15.1. The molecular weight excluding hydrogens is 399 g/mol. The summed E-state index contributed by atoms with van der Waals surface area (Å²) in [5, 5.41) is 2.49. The molecule has 150 valence electrons. The number of hydrogen-bond donors (Lipinski definition) is 1. The molecule has 27 heavy (non-hydrogen) atoms. The number of sulfonamides is 1. The number of carbonyl (C=O) groups excluding carboxylic acids is 2. The molecule has 1 aromatic carbocycles. The third kappa shape index (κ3) is 5.40. The van der Waals surface area contributed by atoms with Gasteiger partial charge in [-0.25, -0.2) is 12.8 Å². The molecule has 1 N–H and O–H groups in total. The van der Waals surface area contributed by atoms with Crippen LogP contribution in [0.2, 0.25) is 5.02 Å². The molecule has 1 unspecified atom stereocenters. The van der Waals surface area contributed by atoms with Crippen molar-refractivity contribution < 1.29 is 27.1 Å². The van der Waals surface area contributed by atoms with Gasteiger partial charge in [-0.2, -0.15) is 4.31 Å². The van der Waals surface area contributed by atoms with E-state index in [2.05, 4.69) is 10.1 Å². The predicted octanol–water partition coefficient (Wildman–Crippen LogP) is 1.95. The summed E-state index contributed by atoms with van der Waals surface area (Å²) in [6.45, 7) is 2.04. The van der Waals surface area contributed by atoms with Gasteiger partial charge in [-0.05, 0) is 38.0 Å². The van der Waals surface area contributed by atoms with E-state index in [9.17, 15) is 22.4 Å². The monoisotopic (exact) mass is 420 g/mol. The van der Waals surface area contributed by atoms with Crippen molar-refractivity contribution in [1.82, 2.24) is 9.62 Å². The predicted molar refractivity (Wildman–Crippen MR) is 97.1 cm³/mol. The Labute approximate surface area is 162 Å². The molecule has 1 aliphatic heterocycles. The average Bonchev–Trinajstić information content (AvgIpc) is 2.63. The maximum atomic E-state index is 13.3. The molecule has 10 heteroatoms. The number of piperidine rings is 1. The fourth-order valence-corrected chi connectivity index (χ4v) is 4.63. The molecule has 1 amide bonds. The topological polar surface area (TPSA) is 92.8 Å². The lowest BCUT2D eigenvalue weighted by Crippen LogP contribution is -2.45. The lowest BCUT2D eigenvalue weighted by Gasteiger charge is -2.31. The van der Waals surface area contributed by atoms with E-state index < -0.39 is 21.8 Å². The van der Waals surface area contributed by atoms with E-state index in [0.717, 1.165) is 12.1 Å². The largest absolute Gasteiger partial charge is 0.469 e. The van der Waals surface area contributed by atoms with Gasteiger partial charge in [0.15, 0.2) is 0 Å². The Hall–Kier alpha value is -1.71. The first kappa shape index (κ1) is 21.6. The van der Waals surface area contributed by atoms with Crippen LogP contribution < -0.4 is 5.32 Å². The lowest BCUT2D eigenvalue weighted by atomic mass is 9.97. The van der Waals surface area contributed by atoms with Crippen LogP contribution in [0.5, 0.6) is 0 Å². The molecule has 1 aliphatic rings. The Morgan fingerprint density at radius 2 is 2.00 bits per heavy atom. The molecule has 0 aliphatic carbocycles. The van der Waals surface area contributed by atoms with E-state index in [4.69, 9.17) is 11.6 Å². The summed E-state index contributed by atoms with van der Waals surface area (Å²) >= 11 is 5.67. The summed E-state index contributed by atoms with van der Waals surface area (Å²) in [4.78, 5) is 23.4. The van der Waals surface area contributed by atoms with Crippen LogP contribution >= 0.6 is 11.6 Å². The number of methoxy groups -OCH3 is 1. The highest BCUT2D eigenvalue weighted by molar-refractivity contribution is 7.89. The van der Waals surface area contributed by atoms with E-state index in [1.54, 1.807) is 6.92 Å². The van der Waals surface area contributed by atoms with Gasteiger partial charge in [-0.1, -0.05) is 11.6 Å². The number of halogens is 2. The second kappa shape index (κ2) is 8.99. The normalized spacial score (nSPS) is 17.3. The zero-order valence-corrected chi connectivity index (χ0v) is 16.6. The van der Waals surface area contributed by atoms with Gasteiger partial charge < -0.3 is 10.1 Å². The molecule has 0 bridgehead atoms. The Balaban J connectivity index is 1.95. The number of esters is 1. The van der Waals surface area contributed by atoms with Crippen molar-refractivity contribution in [2.75, 3.05) is 20.2 Å². The van der Waals surface area contributed by atoms with Crippen LogP contribution in [0.3, 0.4) is 0 Å². The number of ether oxygens (including phenoxy) is 1. The smallest absolute Gasteiger partial charge is 0.307 e. The van der Waals surface area contributed by atoms with Gasteiger partial charge in [0.2, 0.25) is 15.9 Å². The fourth-order valence-electron chi connectivity index (χ4n) is 2.89. The number of hydrogen-bond acceptors (Lipinski definition) is 5. The maximum absolute atomic E-state index is 13.3. The molecule has 0 saturated carbocycles. The number of amides is 1. The number of rotatable bonds is 6. The minimum atomic E-state index is -3.80. The maximum Gasteiger partial charge on any atom is 0.307 e. The third-order valence-electron chi connectivity index (χ3n) is 4.44. The van der Waals surface area contributed by atoms with Gasteiger partial charge in [0.1, 0.15) is 5.82 Å². The van der Waals surface area contributed by atoms with Gasteiger partial charge in [0.25, 0.3) is 0 Å². The second-order valence-corrected chi connectivity index (χ2v) is 8.79. The molecular formula is C17H22ClFN2O5S. The van der Waals surface area contributed by atoms with Crippen LogP contribution in [0.1, 0.15) is 26.2 Å². The van der Waals surface area contributed by atoms with Gasteiger partial charge in [0.05, 0.1) is 23.4 Å². The molecule has 1 heterocycles. The summed E-state index contributed by atoms with van der Waals surface area (Å²) < 4.78 is 44.4. The Bertz CT molecular complexity index is 810. The summed E-state index contributed by atoms with van der Waals surface area (Å²) in [5.41, 5.74) is 0. The highest BCUT2D eigenvalue weighted by Gasteiger charge is 2.32. The van der Waals surface area contributed by atoms with Crippen LogP contribution in [0.15, 0.2) is 23.1 Å². The fraction of sp³-hybridized carbons (Fsp3) is 0.529. The van der Waals surface area contributed by atoms with Crippen molar-refractivity contribution in [3.63, 3.8) is 0 Å². The first-order valence-corrected chi connectivity index (χ1v) is 10.3. The lowest BCUT2D eigenvalue weighted by molar-refractivity contribution is -0.141. The molecule has 0 radical (unpaired) electrons. The van der Waals surface area contributed by atoms with E-state index in [1.807, 2.05) is 0 Å².